The molecule has 4 nitrogen and oxygen atoms in total. The van der Waals surface area contributed by atoms with E-state index in [0.717, 1.165) is 38.8 Å². The van der Waals surface area contributed by atoms with Crippen molar-refractivity contribution < 1.29 is 0 Å². The zero-order valence-corrected chi connectivity index (χ0v) is 31.1. The number of rotatable bonds is 5. The molecule has 0 bridgehead atoms. The fourth-order valence-electron chi connectivity index (χ4n) is 8.91. The van der Waals surface area contributed by atoms with Crippen molar-refractivity contribution in [3.63, 3.8) is 0 Å². The molecule has 264 valence electrons. The average molecular weight is 717 g/mol. The second kappa shape index (κ2) is 12.4. The van der Waals surface area contributed by atoms with Gasteiger partial charge in [-0.1, -0.05) is 166 Å². The van der Waals surface area contributed by atoms with Crippen LogP contribution in [0, 0.1) is 0 Å². The molecule has 0 N–H and O–H groups in total. The Morgan fingerprint density at radius 1 is 0.393 bits per heavy atom. The van der Waals surface area contributed by atoms with Gasteiger partial charge in [-0.25, -0.2) is 15.0 Å². The number of nitrogens with zero attached hydrogens (tertiary/aromatic N) is 4. The molecule has 0 unspecified atom stereocenters. The van der Waals surface area contributed by atoms with Crippen molar-refractivity contribution >= 4 is 32.6 Å². The van der Waals surface area contributed by atoms with Crippen molar-refractivity contribution in [2.45, 2.75) is 19.3 Å². The summed E-state index contributed by atoms with van der Waals surface area (Å²) >= 11 is 0. The highest BCUT2D eigenvalue weighted by atomic mass is 15.0. The lowest BCUT2D eigenvalue weighted by Gasteiger charge is -2.21. The molecule has 0 saturated heterocycles. The average Bonchev–Trinajstić information content (AvgIpc) is 3.71. The Balaban J connectivity index is 1.19. The van der Waals surface area contributed by atoms with Gasteiger partial charge in [0.2, 0.25) is 0 Å². The standard InChI is InChI=1S/C52H36N4/c1-52(2)44-25-12-11-22-39(44)42-31-36(27-29-45(42)52)37-28-30-47-43(32-37)40-23-14-24-41(48(40)56(47)46-26-13-20-33-15-9-10-21-38(33)46)51-54-49(34-16-5-3-6-17-34)53-50(55-51)35-18-7-4-8-19-35/h3-32H,1-2H3. The van der Waals surface area contributed by atoms with Crippen molar-refractivity contribution in [3.05, 3.63) is 193 Å². The van der Waals surface area contributed by atoms with E-state index in [-0.39, 0.29) is 5.41 Å². The maximum Gasteiger partial charge on any atom is 0.166 e. The summed E-state index contributed by atoms with van der Waals surface area (Å²) in [7, 11) is 0. The normalized spacial score (nSPS) is 13.0. The molecule has 0 saturated carbocycles. The summed E-state index contributed by atoms with van der Waals surface area (Å²) in [5.41, 5.74) is 13.9. The molecule has 0 spiro atoms. The third kappa shape index (κ3) is 4.96. The molecule has 0 amide bonds. The van der Waals surface area contributed by atoms with Crippen LogP contribution in [0.15, 0.2) is 182 Å². The van der Waals surface area contributed by atoms with E-state index in [0.29, 0.717) is 17.5 Å². The number of fused-ring (bicyclic) bond motifs is 7. The molecule has 10 aromatic rings. The summed E-state index contributed by atoms with van der Waals surface area (Å²) in [6, 6.07) is 64.9. The van der Waals surface area contributed by atoms with E-state index in [4.69, 9.17) is 15.0 Å². The zero-order valence-electron chi connectivity index (χ0n) is 31.1. The highest BCUT2D eigenvalue weighted by Gasteiger charge is 2.35. The Kier molecular flexibility index (Phi) is 7.17. The molecule has 2 heterocycles. The van der Waals surface area contributed by atoms with Crippen LogP contribution < -0.4 is 0 Å². The van der Waals surface area contributed by atoms with E-state index in [1.54, 1.807) is 0 Å². The van der Waals surface area contributed by atoms with Gasteiger partial charge in [0.1, 0.15) is 0 Å². The molecule has 0 fully saturated rings. The molecule has 11 rings (SSSR count). The van der Waals surface area contributed by atoms with Gasteiger partial charge < -0.3 is 4.57 Å². The highest BCUT2D eigenvalue weighted by Crippen LogP contribution is 2.50. The van der Waals surface area contributed by atoms with Crippen molar-refractivity contribution in [2.75, 3.05) is 0 Å². The largest absolute Gasteiger partial charge is 0.308 e. The summed E-state index contributed by atoms with van der Waals surface area (Å²) in [4.78, 5) is 15.4. The Bertz CT molecular complexity index is 3100. The van der Waals surface area contributed by atoms with Gasteiger partial charge in [0.25, 0.3) is 0 Å². The van der Waals surface area contributed by atoms with E-state index < -0.39 is 0 Å². The summed E-state index contributed by atoms with van der Waals surface area (Å²) in [5, 5.41) is 4.68. The fraction of sp³-hybridized carbons (Fsp3) is 0.0577. The summed E-state index contributed by atoms with van der Waals surface area (Å²) < 4.78 is 2.42. The van der Waals surface area contributed by atoms with Crippen LogP contribution in [0.3, 0.4) is 0 Å². The maximum atomic E-state index is 5.21. The second-order valence-electron chi connectivity index (χ2n) is 15.2. The molecule has 56 heavy (non-hydrogen) atoms. The third-order valence-electron chi connectivity index (χ3n) is 11.7. The van der Waals surface area contributed by atoms with Crippen molar-refractivity contribution in [1.82, 2.24) is 19.5 Å². The quantitative estimate of drug-likeness (QED) is 0.178. The minimum absolute atomic E-state index is 0.0352. The summed E-state index contributed by atoms with van der Waals surface area (Å²) in [5.74, 6) is 1.92. The number of para-hydroxylation sites is 1. The van der Waals surface area contributed by atoms with Gasteiger partial charge in [-0.15, -0.1) is 0 Å². The topological polar surface area (TPSA) is 43.6 Å². The van der Waals surface area contributed by atoms with Crippen LogP contribution in [0.4, 0.5) is 0 Å². The van der Waals surface area contributed by atoms with Gasteiger partial charge in [-0.2, -0.15) is 0 Å². The lowest BCUT2D eigenvalue weighted by atomic mass is 9.82. The first-order valence-corrected chi connectivity index (χ1v) is 19.2. The third-order valence-corrected chi connectivity index (χ3v) is 11.7. The van der Waals surface area contributed by atoms with Crippen LogP contribution in [-0.2, 0) is 5.41 Å². The Labute approximate surface area is 325 Å². The number of hydrogen-bond acceptors (Lipinski definition) is 3. The van der Waals surface area contributed by atoms with Gasteiger partial charge in [-0.05, 0) is 69.1 Å². The zero-order chi connectivity index (χ0) is 37.4. The number of benzene rings is 8. The minimum Gasteiger partial charge on any atom is -0.308 e. The van der Waals surface area contributed by atoms with E-state index in [2.05, 4.69) is 164 Å². The van der Waals surface area contributed by atoms with Gasteiger partial charge >= 0.3 is 0 Å². The first-order valence-electron chi connectivity index (χ1n) is 19.2. The van der Waals surface area contributed by atoms with Gasteiger partial charge in [0, 0.05) is 38.3 Å². The maximum absolute atomic E-state index is 5.21. The molecule has 8 aromatic carbocycles. The lowest BCUT2D eigenvalue weighted by molar-refractivity contribution is 0.660. The SMILES string of the molecule is CC1(C)c2ccccc2-c2cc(-c3ccc4c(c3)c3cccc(-c5nc(-c6ccccc6)nc(-c6ccccc6)n5)c3n4-c3cccc4ccccc34)ccc21. The molecule has 0 radical (unpaired) electrons. The van der Waals surface area contributed by atoms with Crippen LogP contribution in [-0.4, -0.2) is 19.5 Å². The van der Waals surface area contributed by atoms with Gasteiger partial charge in [-0.3, -0.25) is 0 Å². The molecule has 0 aliphatic heterocycles. The molecule has 2 aromatic heterocycles. The molecular weight excluding hydrogens is 681 g/mol. The Hall–Kier alpha value is -7.17. The van der Waals surface area contributed by atoms with E-state index in [1.807, 2.05) is 36.4 Å². The predicted octanol–water partition coefficient (Wildman–Crippen LogP) is 13.1. The molecule has 0 atom stereocenters. The van der Waals surface area contributed by atoms with Crippen molar-refractivity contribution in [1.29, 1.82) is 0 Å². The van der Waals surface area contributed by atoms with Gasteiger partial charge in [0.15, 0.2) is 17.5 Å². The first-order chi connectivity index (χ1) is 27.5. The van der Waals surface area contributed by atoms with Crippen LogP contribution in [0.5, 0.6) is 0 Å². The predicted molar refractivity (Wildman–Crippen MR) is 231 cm³/mol. The van der Waals surface area contributed by atoms with E-state index >= 15 is 0 Å². The van der Waals surface area contributed by atoms with Crippen LogP contribution in [0.1, 0.15) is 25.0 Å². The summed E-state index contributed by atoms with van der Waals surface area (Å²) in [6.45, 7) is 4.67. The number of hydrogen-bond donors (Lipinski definition) is 0. The molecule has 1 aliphatic carbocycles. The van der Waals surface area contributed by atoms with Crippen LogP contribution >= 0.6 is 0 Å². The smallest absolute Gasteiger partial charge is 0.166 e. The lowest BCUT2D eigenvalue weighted by Crippen LogP contribution is -2.14. The number of aromatic nitrogens is 4. The second-order valence-corrected chi connectivity index (χ2v) is 15.2. The Morgan fingerprint density at radius 3 is 1.75 bits per heavy atom. The summed E-state index contributed by atoms with van der Waals surface area (Å²) in [6.07, 6.45) is 0. The van der Waals surface area contributed by atoms with Crippen LogP contribution in [0.2, 0.25) is 0 Å². The minimum atomic E-state index is -0.0352. The van der Waals surface area contributed by atoms with E-state index in [1.165, 1.54) is 49.5 Å². The monoisotopic (exact) mass is 716 g/mol. The van der Waals surface area contributed by atoms with Crippen molar-refractivity contribution in [2.24, 2.45) is 0 Å². The fourth-order valence-corrected chi connectivity index (χ4v) is 8.91. The van der Waals surface area contributed by atoms with Gasteiger partial charge in [0.05, 0.1) is 16.7 Å². The van der Waals surface area contributed by atoms with Crippen LogP contribution in [0.25, 0.3) is 94.7 Å². The Morgan fingerprint density at radius 2 is 0.964 bits per heavy atom. The molecule has 1 aliphatic rings. The highest BCUT2D eigenvalue weighted by molar-refractivity contribution is 6.15. The van der Waals surface area contributed by atoms with E-state index in [9.17, 15) is 0 Å². The molecular formula is C52H36N4. The first kappa shape index (κ1) is 32.3. The molecule has 4 heteroatoms. The van der Waals surface area contributed by atoms with Crippen molar-refractivity contribution in [3.8, 4) is 62.1 Å².